The summed E-state index contributed by atoms with van der Waals surface area (Å²) in [7, 11) is 1.82. The Morgan fingerprint density at radius 2 is 1.92 bits per heavy atom. The lowest BCUT2D eigenvalue weighted by Crippen LogP contribution is -2.15. The summed E-state index contributed by atoms with van der Waals surface area (Å²) in [5.41, 5.74) is 3.90. The number of rotatable bonds is 9. The molecule has 0 unspecified atom stereocenters. The van der Waals surface area contributed by atoms with Gasteiger partial charge in [0.1, 0.15) is 17.1 Å². The number of anilines is 2. The molecule has 0 amide bonds. The van der Waals surface area contributed by atoms with Gasteiger partial charge in [-0.1, -0.05) is 32.0 Å². The summed E-state index contributed by atoms with van der Waals surface area (Å²) in [5, 5.41) is 12.6. The van der Waals surface area contributed by atoms with E-state index in [1.165, 1.54) is 0 Å². The van der Waals surface area contributed by atoms with Crippen LogP contribution in [0.5, 0.6) is 5.75 Å². The second kappa shape index (κ2) is 10.8. The molecular weight excluding hydrogens is 490 g/mol. The van der Waals surface area contributed by atoms with E-state index in [0.717, 1.165) is 44.3 Å². The van der Waals surface area contributed by atoms with Crippen molar-refractivity contribution >= 4 is 39.6 Å². The van der Waals surface area contributed by atoms with Crippen molar-refractivity contribution in [3.05, 3.63) is 64.0 Å². The molecule has 1 aromatic carbocycles. The molecular formula is C28H31N3O3S2. The molecule has 3 aromatic heterocycles. The Kier molecular flexibility index (Phi) is 7.76. The fourth-order valence-electron chi connectivity index (χ4n) is 3.90. The Morgan fingerprint density at radius 1 is 1.14 bits per heavy atom. The number of nitrogens with zero attached hydrogens (tertiary/aromatic N) is 3. The third kappa shape index (κ3) is 5.60. The number of hydrogen-bond donors (Lipinski definition) is 1. The lowest BCUT2D eigenvalue weighted by Gasteiger charge is -2.17. The first-order valence-electron chi connectivity index (χ1n) is 11.9. The van der Waals surface area contributed by atoms with Crippen molar-refractivity contribution in [2.75, 3.05) is 11.9 Å². The first-order chi connectivity index (χ1) is 17.1. The lowest BCUT2D eigenvalue weighted by atomic mass is 10.0. The van der Waals surface area contributed by atoms with Gasteiger partial charge in [-0.2, -0.15) is 0 Å². The number of ether oxygens (including phenoxy) is 1. The minimum atomic E-state index is -1.02. The molecule has 1 N–H and O–H groups in total. The van der Waals surface area contributed by atoms with Crippen LogP contribution in [-0.2, 0) is 6.42 Å². The molecule has 4 aromatic rings. The van der Waals surface area contributed by atoms with Crippen LogP contribution in [0.15, 0.2) is 48.0 Å². The van der Waals surface area contributed by atoms with Crippen LogP contribution in [0, 0.1) is 12.8 Å². The van der Waals surface area contributed by atoms with Gasteiger partial charge in [0.2, 0.25) is 0 Å². The number of carbonyl (C=O) groups is 1. The molecule has 0 radical (unpaired) electrons. The summed E-state index contributed by atoms with van der Waals surface area (Å²) in [6.07, 6.45) is 2.67. The average molecular weight is 522 g/mol. The highest BCUT2D eigenvalue weighted by molar-refractivity contribution is 7.16. The summed E-state index contributed by atoms with van der Waals surface area (Å²) in [6.45, 7) is 10.4. The van der Waals surface area contributed by atoms with Gasteiger partial charge in [-0.15, -0.1) is 22.7 Å². The van der Waals surface area contributed by atoms with Gasteiger partial charge in [0.25, 0.3) is 0 Å². The van der Waals surface area contributed by atoms with E-state index in [1.807, 2.05) is 45.3 Å². The number of thiazole rings is 1. The van der Waals surface area contributed by atoms with Gasteiger partial charge in [-0.3, -0.25) is 0 Å². The van der Waals surface area contributed by atoms with Crippen LogP contribution in [0.3, 0.4) is 0 Å². The number of thiophene rings is 1. The molecule has 0 bridgehead atoms. The van der Waals surface area contributed by atoms with E-state index in [1.54, 1.807) is 39.8 Å². The fraction of sp³-hybridized carbons (Fsp3) is 0.321. The first-order valence-corrected chi connectivity index (χ1v) is 13.6. The standard InChI is InChI=1S/C28H31N3O3S2/c1-16(2)12-24-25(19-10-9-18(5)22(14-19)34-17(3)4)30-28(36-24)31(6)26-21(27(32)33)13-20(15-29-26)23-8-7-11-35-23/h7-11,13-17H,12H2,1-6H3,(H,32,33). The molecule has 36 heavy (non-hydrogen) atoms. The highest BCUT2D eigenvalue weighted by Gasteiger charge is 2.23. The minimum absolute atomic E-state index is 0.0730. The molecule has 0 aliphatic rings. The van der Waals surface area contributed by atoms with Crippen molar-refractivity contribution < 1.29 is 14.6 Å². The maximum Gasteiger partial charge on any atom is 0.339 e. The largest absolute Gasteiger partial charge is 0.491 e. The monoisotopic (exact) mass is 521 g/mol. The highest BCUT2D eigenvalue weighted by atomic mass is 32.1. The Morgan fingerprint density at radius 3 is 2.56 bits per heavy atom. The van der Waals surface area contributed by atoms with E-state index >= 15 is 0 Å². The number of benzene rings is 1. The molecule has 0 aliphatic heterocycles. The molecule has 0 saturated heterocycles. The second-order valence-corrected chi connectivity index (χ2v) is 11.5. The third-order valence-electron chi connectivity index (χ3n) is 5.61. The topological polar surface area (TPSA) is 75.6 Å². The third-order valence-corrected chi connectivity index (χ3v) is 7.68. The molecule has 4 rings (SSSR count). The molecule has 0 aliphatic carbocycles. The van der Waals surface area contributed by atoms with Crippen LogP contribution in [0.4, 0.5) is 10.9 Å². The van der Waals surface area contributed by atoms with E-state index in [0.29, 0.717) is 16.9 Å². The van der Waals surface area contributed by atoms with E-state index in [2.05, 4.69) is 37.0 Å². The Hall–Kier alpha value is -3.23. The summed E-state index contributed by atoms with van der Waals surface area (Å²) < 4.78 is 6.03. The molecule has 0 fully saturated rings. The van der Waals surface area contributed by atoms with Gasteiger partial charge in [-0.25, -0.2) is 14.8 Å². The summed E-state index contributed by atoms with van der Waals surface area (Å²) >= 11 is 3.13. The zero-order valence-corrected chi connectivity index (χ0v) is 23.0. The normalized spacial score (nSPS) is 11.3. The maximum absolute atomic E-state index is 12.2. The van der Waals surface area contributed by atoms with Crippen LogP contribution in [0.25, 0.3) is 21.7 Å². The van der Waals surface area contributed by atoms with E-state index in [9.17, 15) is 9.90 Å². The minimum Gasteiger partial charge on any atom is -0.491 e. The lowest BCUT2D eigenvalue weighted by molar-refractivity contribution is 0.0697. The Labute approximate surface area is 220 Å². The number of carboxylic acid groups (broad SMARTS) is 1. The van der Waals surface area contributed by atoms with Gasteiger partial charge >= 0.3 is 5.97 Å². The Balaban J connectivity index is 1.77. The number of hydrogen-bond acceptors (Lipinski definition) is 7. The average Bonchev–Trinajstić information content (AvgIpc) is 3.50. The van der Waals surface area contributed by atoms with Crippen molar-refractivity contribution in [1.29, 1.82) is 0 Å². The van der Waals surface area contributed by atoms with Gasteiger partial charge in [-0.05, 0) is 62.3 Å². The van der Waals surface area contributed by atoms with Gasteiger partial charge in [0.15, 0.2) is 5.13 Å². The first kappa shape index (κ1) is 25.9. The zero-order valence-electron chi connectivity index (χ0n) is 21.4. The molecule has 0 atom stereocenters. The molecule has 3 heterocycles. The highest BCUT2D eigenvalue weighted by Crippen LogP contribution is 2.39. The predicted molar refractivity (Wildman–Crippen MR) is 149 cm³/mol. The molecule has 0 saturated carbocycles. The SMILES string of the molecule is Cc1ccc(-c2nc(N(C)c3ncc(-c4cccs4)cc3C(=O)O)sc2CC(C)C)cc1OC(C)C. The van der Waals surface area contributed by atoms with Crippen molar-refractivity contribution in [2.24, 2.45) is 5.92 Å². The van der Waals surface area contributed by atoms with Crippen LogP contribution in [0.1, 0.15) is 48.5 Å². The molecule has 8 heteroatoms. The number of aromatic nitrogens is 2. The van der Waals surface area contributed by atoms with Crippen LogP contribution >= 0.6 is 22.7 Å². The van der Waals surface area contributed by atoms with Crippen molar-refractivity contribution in [1.82, 2.24) is 9.97 Å². The number of aromatic carboxylic acids is 1. The number of aryl methyl sites for hydroxylation is 1. The van der Waals surface area contributed by atoms with Crippen molar-refractivity contribution in [3.63, 3.8) is 0 Å². The van der Waals surface area contributed by atoms with Crippen molar-refractivity contribution in [2.45, 2.75) is 47.1 Å². The fourth-order valence-corrected chi connectivity index (χ4v) is 5.86. The molecule has 188 valence electrons. The maximum atomic E-state index is 12.2. The number of pyridine rings is 1. The number of carboxylic acids is 1. The Bertz CT molecular complexity index is 1360. The van der Waals surface area contributed by atoms with Gasteiger partial charge < -0.3 is 14.7 Å². The summed E-state index contributed by atoms with van der Waals surface area (Å²) in [5.74, 6) is 0.639. The summed E-state index contributed by atoms with van der Waals surface area (Å²) in [6, 6.07) is 11.8. The van der Waals surface area contributed by atoms with Crippen LogP contribution in [0.2, 0.25) is 0 Å². The van der Waals surface area contributed by atoms with Crippen LogP contribution < -0.4 is 9.64 Å². The van der Waals surface area contributed by atoms with E-state index in [4.69, 9.17) is 9.72 Å². The smallest absolute Gasteiger partial charge is 0.339 e. The zero-order chi connectivity index (χ0) is 26.0. The van der Waals surface area contributed by atoms with Crippen molar-refractivity contribution in [3.8, 4) is 27.4 Å². The quantitative estimate of drug-likeness (QED) is 0.243. The van der Waals surface area contributed by atoms with Crippen LogP contribution in [-0.4, -0.2) is 34.2 Å². The molecule has 0 spiro atoms. The second-order valence-electron chi connectivity index (χ2n) is 9.45. The van der Waals surface area contributed by atoms with Gasteiger partial charge in [0, 0.05) is 34.1 Å². The van der Waals surface area contributed by atoms with E-state index in [-0.39, 0.29) is 11.7 Å². The molecule has 6 nitrogen and oxygen atoms in total. The summed E-state index contributed by atoms with van der Waals surface area (Å²) in [4.78, 5) is 25.6. The van der Waals surface area contributed by atoms with Gasteiger partial charge in [0.05, 0.1) is 11.8 Å². The predicted octanol–water partition coefficient (Wildman–Crippen LogP) is 7.69. The van der Waals surface area contributed by atoms with E-state index < -0.39 is 5.97 Å².